The zero-order valence-electron chi connectivity index (χ0n) is 12.3. The molecule has 3 nitrogen and oxygen atoms in total. The Bertz CT molecular complexity index is 823. The molecule has 0 aliphatic carbocycles. The maximum absolute atomic E-state index is 12.3. The van der Waals surface area contributed by atoms with Crippen molar-refractivity contribution in [2.45, 2.75) is 19.8 Å². The van der Waals surface area contributed by atoms with Gasteiger partial charge in [0.05, 0.1) is 6.42 Å². The molecule has 0 spiro atoms. The van der Waals surface area contributed by atoms with Gasteiger partial charge < -0.3 is 10.3 Å². The Morgan fingerprint density at radius 3 is 2.82 bits per heavy atom. The van der Waals surface area contributed by atoms with E-state index in [0.29, 0.717) is 11.4 Å². The lowest BCUT2D eigenvalue weighted by Gasteiger charge is -2.09. The van der Waals surface area contributed by atoms with Crippen molar-refractivity contribution >= 4 is 34.1 Å². The summed E-state index contributed by atoms with van der Waals surface area (Å²) in [5.41, 5.74) is 3.95. The number of aromatic nitrogens is 1. The number of amides is 1. The first-order valence-corrected chi connectivity index (χ1v) is 7.68. The average molecular weight is 313 g/mol. The molecule has 4 heteroatoms. The fourth-order valence-corrected chi connectivity index (χ4v) is 2.79. The van der Waals surface area contributed by atoms with E-state index in [-0.39, 0.29) is 5.91 Å². The zero-order valence-corrected chi connectivity index (χ0v) is 13.1. The standard InChI is InChI=1S/C18H17ClN2O/c1-2-12-5-3-4-6-16(12)21-18(22)9-13-11-20-17-10-14(19)7-8-15(13)17/h3-8,10-11,20H,2,9H2,1H3,(H,21,22). The third kappa shape index (κ3) is 3.00. The maximum Gasteiger partial charge on any atom is 0.228 e. The number of carbonyl (C=O) groups is 1. The summed E-state index contributed by atoms with van der Waals surface area (Å²) in [7, 11) is 0. The first kappa shape index (κ1) is 14.7. The third-order valence-corrected chi connectivity index (χ3v) is 3.99. The summed E-state index contributed by atoms with van der Waals surface area (Å²) in [5, 5.41) is 4.71. The van der Waals surface area contributed by atoms with Crippen LogP contribution in [0.4, 0.5) is 5.69 Å². The summed E-state index contributed by atoms with van der Waals surface area (Å²) in [6.45, 7) is 2.08. The molecule has 0 radical (unpaired) electrons. The molecule has 0 fully saturated rings. The van der Waals surface area contributed by atoms with Crippen LogP contribution in [0.25, 0.3) is 10.9 Å². The first-order valence-electron chi connectivity index (χ1n) is 7.30. The van der Waals surface area contributed by atoms with Crippen LogP contribution in [0.1, 0.15) is 18.1 Å². The predicted octanol–water partition coefficient (Wildman–Crippen LogP) is 4.56. The van der Waals surface area contributed by atoms with Gasteiger partial charge in [0, 0.05) is 27.8 Å². The third-order valence-electron chi connectivity index (χ3n) is 3.75. The van der Waals surface area contributed by atoms with Crippen LogP contribution in [0, 0.1) is 0 Å². The van der Waals surface area contributed by atoms with E-state index < -0.39 is 0 Å². The molecule has 1 heterocycles. The first-order chi connectivity index (χ1) is 10.7. The van der Waals surface area contributed by atoms with Crippen LogP contribution in [-0.2, 0) is 17.6 Å². The lowest BCUT2D eigenvalue weighted by atomic mass is 10.1. The van der Waals surface area contributed by atoms with E-state index in [1.807, 2.05) is 48.7 Å². The molecule has 3 rings (SSSR count). The number of H-pyrrole nitrogens is 1. The van der Waals surface area contributed by atoms with Crippen LogP contribution >= 0.6 is 11.6 Å². The van der Waals surface area contributed by atoms with Crippen LogP contribution < -0.4 is 5.32 Å². The highest BCUT2D eigenvalue weighted by atomic mass is 35.5. The number of benzene rings is 2. The van der Waals surface area contributed by atoms with Crippen LogP contribution in [0.3, 0.4) is 0 Å². The second-order valence-electron chi connectivity index (χ2n) is 5.24. The molecule has 1 amide bonds. The molecule has 0 saturated heterocycles. The average Bonchev–Trinajstić information content (AvgIpc) is 2.89. The molecule has 2 N–H and O–H groups in total. The van der Waals surface area contributed by atoms with Crippen molar-refractivity contribution in [3.63, 3.8) is 0 Å². The van der Waals surface area contributed by atoms with E-state index in [1.54, 1.807) is 0 Å². The molecule has 22 heavy (non-hydrogen) atoms. The monoisotopic (exact) mass is 312 g/mol. The van der Waals surface area contributed by atoms with Gasteiger partial charge in [-0.2, -0.15) is 0 Å². The Hall–Kier alpha value is -2.26. The van der Waals surface area contributed by atoms with Gasteiger partial charge in [-0.25, -0.2) is 0 Å². The molecule has 0 aliphatic heterocycles. The van der Waals surface area contributed by atoms with E-state index in [0.717, 1.165) is 34.1 Å². The molecule has 0 aliphatic rings. The quantitative estimate of drug-likeness (QED) is 0.728. The smallest absolute Gasteiger partial charge is 0.228 e. The Kier molecular flexibility index (Phi) is 4.16. The number of aromatic amines is 1. The van der Waals surface area contributed by atoms with Gasteiger partial charge >= 0.3 is 0 Å². The van der Waals surface area contributed by atoms with Crippen molar-refractivity contribution in [3.05, 3.63) is 64.8 Å². The SMILES string of the molecule is CCc1ccccc1NC(=O)Cc1c[nH]c2cc(Cl)ccc12. The largest absolute Gasteiger partial charge is 0.361 e. The van der Waals surface area contributed by atoms with Gasteiger partial charge in [-0.05, 0) is 35.7 Å². The molecule has 3 aromatic rings. The van der Waals surface area contributed by atoms with Crippen molar-refractivity contribution < 1.29 is 4.79 Å². The van der Waals surface area contributed by atoms with Crippen LogP contribution in [0.2, 0.25) is 5.02 Å². The molecule has 0 bridgehead atoms. The van der Waals surface area contributed by atoms with Gasteiger partial charge in [0.2, 0.25) is 5.91 Å². The second-order valence-corrected chi connectivity index (χ2v) is 5.68. The number of aryl methyl sites for hydroxylation is 1. The van der Waals surface area contributed by atoms with Crippen molar-refractivity contribution in [1.82, 2.24) is 4.98 Å². The highest BCUT2D eigenvalue weighted by molar-refractivity contribution is 6.31. The summed E-state index contributed by atoms with van der Waals surface area (Å²) in [6, 6.07) is 13.5. The highest BCUT2D eigenvalue weighted by Gasteiger charge is 2.10. The molecule has 0 unspecified atom stereocenters. The predicted molar refractivity (Wildman–Crippen MR) is 91.5 cm³/mol. The van der Waals surface area contributed by atoms with Gasteiger partial charge in [-0.3, -0.25) is 4.79 Å². The number of hydrogen-bond donors (Lipinski definition) is 2. The number of halogens is 1. The maximum atomic E-state index is 12.3. The van der Waals surface area contributed by atoms with Gasteiger partial charge in [-0.1, -0.05) is 42.8 Å². The lowest BCUT2D eigenvalue weighted by Crippen LogP contribution is -2.15. The summed E-state index contributed by atoms with van der Waals surface area (Å²) in [4.78, 5) is 15.5. The Morgan fingerprint density at radius 2 is 2.00 bits per heavy atom. The fraction of sp³-hybridized carbons (Fsp3) is 0.167. The topological polar surface area (TPSA) is 44.9 Å². The number of hydrogen-bond acceptors (Lipinski definition) is 1. The summed E-state index contributed by atoms with van der Waals surface area (Å²) >= 11 is 5.98. The minimum absolute atomic E-state index is 0.0169. The fourth-order valence-electron chi connectivity index (χ4n) is 2.62. The molecule has 2 aromatic carbocycles. The highest BCUT2D eigenvalue weighted by Crippen LogP contribution is 2.23. The lowest BCUT2D eigenvalue weighted by molar-refractivity contribution is -0.115. The second kappa shape index (κ2) is 6.24. The molecule has 112 valence electrons. The number of nitrogens with one attached hydrogen (secondary N) is 2. The van der Waals surface area contributed by atoms with Crippen LogP contribution in [0.5, 0.6) is 0 Å². The van der Waals surface area contributed by atoms with Crippen LogP contribution in [0.15, 0.2) is 48.7 Å². The molecule has 1 aromatic heterocycles. The van der Waals surface area contributed by atoms with Crippen molar-refractivity contribution in [3.8, 4) is 0 Å². The Morgan fingerprint density at radius 1 is 1.18 bits per heavy atom. The molecule has 0 atom stereocenters. The summed E-state index contributed by atoms with van der Waals surface area (Å²) < 4.78 is 0. The molecular formula is C18H17ClN2O. The van der Waals surface area contributed by atoms with E-state index >= 15 is 0 Å². The number of carbonyl (C=O) groups excluding carboxylic acids is 1. The minimum atomic E-state index is -0.0169. The van der Waals surface area contributed by atoms with E-state index in [1.165, 1.54) is 0 Å². The van der Waals surface area contributed by atoms with Crippen molar-refractivity contribution in [2.24, 2.45) is 0 Å². The van der Waals surface area contributed by atoms with Crippen molar-refractivity contribution in [1.29, 1.82) is 0 Å². The number of anilines is 1. The van der Waals surface area contributed by atoms with E-state index in [4.69, 9.17) is 11.6 Å². The van der Waals surface area contributed by atoms with E-state index in [2.05, 4.69) is 17.2 Å². The molecule has 0 saturated carbocycles. The summed E-state index contributed by atoms with van der Waals surface area (Å²) in [6.07, 6.45) is 3.09. The normalized spacial score (nSPS) is 10.8. The number of fused-ring (bicyclic) bond motifs is 1. The summed E-state index contributed by atoms with van der Waals surface area (Å²) in [5.74, 6) is -0.0169. The zero-order chi connectivity index (χ0) is 15.5. The molecular weight excluding hydrogens is 296 g/mol. The number of rotatable bonds is 4. The Labute approximate surface area is 134 Å². The van der Waals surface area contributed by atoms with Gasteiger partial charge in [0.1, 0.15) is 0 Å². The Balaban J connectivity index is 1.78. The number of para-hydroxylation sites is 1. The van der Waals surface area contributed by atoms with E-state index in [9.17, 15) is 4.79 Å². The van der Waals surface area contributed by atoms with Gasteiger partial charge in [-0.15, -0.1) is 0 Å². The van der Waals surface area contributed by atoms with Gasteiger partial charge in [0.15, 0.2) is 0 Å². The van der Waals surface area contributed by atoms with Crippen molar-refractivity contribution in [2.75, 3.05) is 5.32 Å². The minimum Gasteiger partial charge on any atom is -0.361 e. The van der Waals surface area contributed by atoms with Gasteiger partial charge in [0.25, 0.3) is 0 Å². The van der Waals surface area contributed by atoms with Crippen LogP contribution in [-0.4, -0.2) is 10.9 Å².